The van der Waals surface area contributed by atoms with E-state index in [2.05, 4.69) is 15.6 Å². The smallest absolute Gasteiger partial charge is 0.317 e. The Morgan fingerprint density at radius 3 is 2.64 bits per heavy atom. The molecule has 0 atom stereocenters. The third kappa shape index (κ3) is 4.33. The zero-order valence-electron chi connectivity index (χ0n) is 13.0. The Morgan fingerprint density at radius 1 is 1.41 bits per heavy atom. The van der Waals surface area contributed by atoms with Gasteiger partial charge in [0.1, 0.15) is 0 Å². The fourth-order valence-electron chi connectivity index (χ4n) is 2.53. The maximum absolute atomic E-state index is 12.1. The molecule has 1 aromatic rings. The highest BCUT2D eigenvalue weighted by molar-refractivity contribution is 7.15. The van der Waals surface area contributed by atoms with Crippen molar-refractivity contribution in [2.75, 3.05) is 25.4 Å². The molecule has 22 heavy (non-hydrogen) atoms. The number of rotatable bonds is 4. The predicted molar refractivity (Wildman–Crippen MR) is 86.8 cm³/mol. The van der Waals surface area contributed by atoms with Crippen LogP contribution in [0.3, 0.4) is 0 Å². The number of hydrogen-bond acceptors (Lipinski definition) is 5. The quantitative estimate of drug-likeness (QED) is 0.765. The monoisotopic (exact) mass is 325 g/mol. The van der Waals surface area contributed by atoms with Gasteiger partial charge in [0.2, 0.25) is 5.91 Å². The van der Waals surface area contributed by atoms with Gasteiger partial charge in [0.05, 0.1) is 12.1 Å². The zero-order chi connectivity index (χ0) is 16.1. The van der Waals surface area contributed by atoms with E-state index in [4.69, 9.17) is 5.73 Å². The average molecular weight is 325 g/mol. The van der Waals surface area contributed by atoms with Crippen LogP contribution in [0.25, 0.3) is 0 Å². The minimum absolute atomic E-state index is 0.0109. The first-order chi connectivity index (χ1) is 10.5. The maximum atomic E-state index is 12.1. The van der Waals surface area contributed by atoms with E-state index in [9.17, 15) is 9.59 Å². The van der Waals surface area contributed by atoms with E-state index in [0.29, 0.717) is 31.2 Å². The molecule has 1 aromatic heterocycles. The number of amides is 3. The van der Waals surface area contributed by atoms with Crippen LogP contribution in [-0.4, -0.2) is 47.5 Å². The minimum atomic E-state index is -0.0250. The fraction of sp³-hybridized carbons (Fsp3) is 0.643. The lowest BCUT2D eigenvalue weighted by molar-refractivity contribution is -0.121. The Balaban J connectivity index is 1.77. The van der Waals surface area contributed by atoms with Crippen LogP contribution in [0.1, 0.15) is 30.3 Å². The van der Waals surface area contributed by atoms with Crippen LogP contribution < -0.4 is 16.4 Å². The second kappa shape index (κ2) is 7.44. The summed E-state index contributed by atoms with van der Waals surface area (Å²) in [6.45, 7) is 5.73. The molecule has 1 aliphatic rings. The molecule has 7 nitrogen and oxygen atoms in total. The normalized spacial score (nSPS) is 15.6. The molecule has 0 unspecified atom stereocenters. The van der Waals surface area contributed by atoms with Crippen LogP contribution in [0, 0.1) is 6.92 Å². The predicted octanol–water partition coefficient (Wildman–Crippen LogP) is 0.886. The van der Waals surface area contributed by atoms with Gasteiger partial charge in [-0.05, 0) is 26.7 Å². The summed E-state index contributed by atoms with van der Waals surface area (Å²) < 4.78 is 0. The number of urea groups is 1. The molecule has 3 amide bonds. The van der Waals surface area contributed by atoms with E-state index in [1.807, 2.05) is 13.8 Å². The standard InChI is InChI=1S/C14H23N5O2S/c1-3-16-14(21)19-6-4-10(5-7-19)18-12(20)8-11-9(2)17-13(15)22-11/h10H,3-8H2,1-2H3,(H2,15,17)(H,16,21)(H,18,20). The van der Waals surface area contributed by atoms with Gasteiger partial charge in [0.15, 0.2) is 5.13 Å². The van der Waals surface area contributed by atoms with Crippen LogP contribution in [0.15, 0.2) is 0 Å². The number of anilines is 1. The van der Waals surface area contributed by atoms with Gasteiger partial charge in [0, 0.05) is 30.6 Å². The van der Waals surface area contributed by atoms with Crippen LogP contribution in [0.2, 0.25) is 0 Å². The number of piperidine rings is 1. The minimum Gasteiger partial charge on any atom is -0.375 e. The van der Waals surface area contributed by atoms with Crippen LogP contribution >= 0.6 is 11.3 Å². The Hall–Kier alpha value is -1.83. The number of thiazole rings is 1. The molecule has 1 saturated heterocycles. The summed E-state index contributed by atoms with van der Waals surface area (Å²) in [7, 11) is 0. The van der Waals surface area contributed by atoms with Crippen molar-refractivity contribution in [3.8, 4) is 0 Å². The molecule has 0 saturated carbocycles. The highest BCUT2D eigenvalue weighted by Gasteiger charge is 2.23. The van der Waals surface area contributed by atoms with Crippen molar-refractivity contribution in [2.24, 2.45) is 0 Å². The van der Waals surface area contributed by atoms with Crippen molar-refractivity contribution in [3.05, 3.63) is 10.6 Å². The highest BCUT2D eigenvalue weighted by Crippen LogP contribution is 2.20. The number of aryl methyl sites for hydroxylation is 1. The number of aromatic nitrogens is 1. The Morgan fingerprint density at radius 2 is 2.09 bits per heavy atom. The number of likely N-dealkylation sites (tertiary alicyclic amines) is 1. The van der Waals surface area contributed by atoms with Gasteiger partial charge in [-0.25, -0.2) is 9.78 Å². The molecule has 0 aliphatic carbocycles. The first kappa shape index (κ1) is 16.5. The second-order valence-corrected chi connectivity index (χ2v) is 6.52. The Bertz CT molecular complexity index is 537. The van der Waals surface area contributed by atoms with Crippen molar-refractivity contribution in [1.82, 2.24) is 20.5 Å². The summed E-state index contributed by atoms with van der Waals surface area (Å²) in [6, 6.07) is 0.104. The molecule has 2 rings (SSSR count). The third-order valence-electron chi connectivity index (χ3n) is 3.71. The number of carbonyl (C=O) groups excluding carboxylic acids is 2. The van der Waals surface area contributed by atoms with Gasteiger partial charge >= 0.3 is 6.03 Å². The number of nitrogens with one attached hydrogen (secondary N) is 2. The van der Waals surface area contributed by atoms with E-state index in [1.54, 1.807) is 4.90 Å². The van der Waals surface area contributed by atoms with Crippen molar-refractivity contribution < 1.29 is 9.59 Å². The molecule has 0 bridgehead atoms. The third-order valence-corrected chi connectivity index (χ3v) is 4.69. The molecule has 122 valence electrons. The lowest BCUT2D eigenvalue weighted by atomic mass is 10.1. The number of nitrogens with zero attached hydrogens (tertiary/aromatic N) is 2. The molecule has 1 aliphatic heterocycles. The summed E-state index contributed by atoms with van der Waals surface area (Å²) in [6.07, 6.45) is 1.89. The summed E-state index contributed by atoms with van der Waals surface area (Å²) in [5, 5.41) is 6.33. The summed E-state index contributed by atoms with van der Waals surface area (Å²) in [5.41, 5.74) is 6.46. The molecule has 4 N–H and O–H groups in total. The van der Waals surface area contributed by atoms with E-state index < -0.39 is 0 Å². The van der Waals surface area contributed by atoms with Crippen molar-refractivity contribution >= 4 is 28.4 Å². The van der Waals surface area contributed by atoms with Crippen molar-refractivity contribution in [2.45, 2.75) is 39.2 Å². The Labute approximate surface area is 134 Å². The first-order valence-corrected chi connectivity index (χ1v) is 8.35. The lowest BCUT2D eigenvalue weighted by Gasteiger charge is -2.32. The van der Waals surface area contributed by atoms with Gasteiger partial charge in [0.25, 0.3) is 0 Å². The maximum Gasteiger partial charge on any atom is 0.317 e. The van der Waals surface area contributed by atoms with E-state index in [1.165, 1.54) is 11.3 Å². The summed E-state index contributed by atoms with van der Waals surface area (Å²) in [4.78, 5) is 30.6. The molecule has 0 spiro atoms. The van der Waals surface area contributed by atoms with E-state index in [-0.39, 0.29) is 18.0 Å². The number of hydrogen-bond donors (Lipinski definition) is 3. The topological polar surface area (TPSA) is 100 Å². The van der Waals surface area contributed by atoms with Gasteiger partial charge in [-0.1, -0.05) is 0 Å². The molecule has 2 heterocycles. The summed E-state index contributed by atoms with van der Waals surface area (Å²) in [5.74, 6) is -0.0109. The number of carbonyl (C=O) groups is 2. The van der Waals surface area contributed by atoms with Gasteiger partial charge < -0.3 is 21.3 Å². The van der Waals surface area contributed by atoms with Crippen molar-refractivity contribution in [1.29, 1.82) is 0 Å². The largest absolute Gasteiger partial charge is 0.375 e. The molecule has 8 heteroatoms. The SMILES string of the molecule is CCNC(=O)N1CCC(NC(=O)Cc2sc(N)nc2C)CC1. The molecular weight excluding hydrogens is 302 g/mol. The van der Waals surface area contributed by atoms with Crippen LogP contribution in [0.5, 0.6) is 0 Å². The first-order valence-electron chi connectivity index (χ1n) is 7.53. The van der Waals surface area contributed by atoms with Crippen LogP contribution in [0.4, 0.5) is 9.93 Å². The van der Waals surface area contributed by atoms with E-state index >= 15 is 0 Å². The zero-order valence-corrected chi connectivity index (χ0v) is 13.8. The molecule has 0 radical (unpaired) electrons. The molecule has 1 fully saturated rings. The second-order valence-electron chi connectivity index (χ2n) is 5.40. The Kier molecular flexibility index (Phi) is 5.59. The van der Waals surface area contributed by atoms with E-state index in [0.717, 1.165) is 23.4 Å². The van der Waals surface area contributed by atoms with Gasteiger partial charge in [-0.15, -0.1) is 11.3 Å². The highest BCUT2D eigenvalue weighted by atomic mass is 32.1. The summed E-state index contributed by atoms with van der Waals surface area (Å²) >= 11 is 1.36. The van der Waals surface area contributed by atoms with Gasteiger partial charge in [-0.3, -0.25) is 4.79 Å². The molecular formula is C14H23N5O2S. The molecule has 0 aromatic carbocycles. The lowest BCUT2D eigenvalue weighted by Crippen LogP contribution is -2.49. The van der Waals surface area contributed by atoms with Crippen molar-refractivity contribution in [3.63, 3.8) is 0 Å². The van der Waals surface area contributed by atoms with Crippen LogP contribution in [-0.2, 0) is 11.2 Å². The number of nitrogens with two attached hydrogens (primary N) is 1. The average Bonchev–Trinajstić information content (AvgIpc) is 2.77. The fourth-order valence-corrected chi connectivity index (χ4v) is 3.36. The number of nitrogen functional groups attached to an aromatic ring is 1. The van der Waals surface area contributed by atoms with Gasteiger partial charge in [-0.2, -0.15) is 0 Å².